The van der Waals surface area contributed by atoms with Gasteiger partial charge in [0.15, 0.2) is 0 Å². The first-order valence-electron chi connectivity index (χ1n) is 19.5. The number of fused-ring (bicyclic) bond motifs is 9. The van der Waals surface area contributed by atoms with Crippen LogP contribution in [0, 0.1) is 0 Å². The van der Waals surface area contributed by atoms with Crippen molar-refractivity contribution >= 4 is 65.6 Å². The number of hydrogen-bond acceptors (Lipinski definition) is 1. The van der Waals surface area contributed by atoms with Crippen molar-refractivity contribution in [3.8, 4) is 44.8 Å². The molecule has 57 heavy (non-hydrogen) atoms. The van der Waals surface area contributed by atoms with Crippen molar-refractivity contribution in [1.29, 1.82) is 0 Å². The topological polar surface area (TPSA) is 23.0 Å². The van der Waals surface area contributed by atoms with Crippen molar-refractivity contribution in [1.82, 2.24) is 9.13 Å². The monoisotopic (exact) mass is 726 g/mol. The molecule has 0 aliphatic carbocycles. The fraction of sp³-hybridized carbons (Fsp3) is 0. The van der Waals surface area contributed by atoms with E-state index in [1.54, 1.807) is 0 Å². The number of benzene rings is 9. The molecule has 0 bridgehead atoms. The molecular formula is C54H34N2O. The van der Waals surface area contributed by atoms with E-state index in [9.17, 15) is 0 Å². The minimum atomic E-state index is 0.880. The average molecular weight is 727 g/mol. The van der Waals surface area contributed by atoms with E-state index in [0.717, 1.165) is 49.8 Å². The third kappa shape index (κ3) is 4.79. The fourth-order valence-corrected chi connectivity index (χ4v) is 9.22. The molecule has 0 radical (unpaired) electrons. The highest BCUT2D eigenvalue weighted by Gasteiger charge is 2.22. The molecule has 0 N–H and O–H groups in total. The zero-order valence-corrected chi connectivity index (χ0v) is 30.9. The van der Waals surface area contributed by atoms with Gasteiger partial charge < -0.3 is 13.6 Å². The lowest BCUT2D eigenvalue weighted by atomic mass is 9.93. The molecule has 0 fully saturated rings. The summed E-state index contributed by atoms with van der Waals surface area (Å²) in [6.07, 6.45) is 0. The molecule has 3 heteroatoms. The Kier molecular flexibility index (Phi) is 6.93. The minimum absolute atomic E-state index is 0.880. The maximum atomic E-state index is 6.85. The molecule has 0 atom stereocenters. The molecule has 12 rings (SSSR count). The highest BCUT2D eigenvalue weighted by atomic mass is 16.3. The van der Waals surface area contributed by atoms with Gasteiger partial charge in [-0.3, -0.25) is 0 Å². The SMILES string of the molecule is c1ccc(-c2ccccc2-c2ccc(-n3c4ccccc4c4cc(-c5ccc6c(c5)c5ccccc5n6-c5ccccc5)ccc43)c3c2oc2ccccc23)cc1. The first-order valence-corrected chi connectivity index (χ1v) is 19.5. The maximum Gasteiger partial charge on any atom is 0.145 e. The smallest absolute Gasteiger partial charge is 0.145 e. The summed E-state index contributed by atoms with van der Waals surface area (Å²) in [6, 6.07) is 74.3. The Hall–Kier alpha value is -7.62. The summed E-state index contributed by atoms with van der Waals surface area (Å²) < 4.78 is 11.7. The lowest BCUT2D eigenvalue weighted by Gasteiger charge is -2.14. The van der Waals surface area contributed by atoms with Crippen LogP contribution in [-0.2, 0) is 0 Å². The second kappa shape index (κ2) is 12.5. The van der Waals surface area contributed by atoms with Gasteiger partial charge in [0.2, 0.25) is 0 Å². The average Bonchev–Trinajstić information content (AvgIpc) is 3.95. The van der Waals surface area contributed by atoms with Crippen LogP contribution in [0.3, 0.4) is 0 Å². The van der Waals surface area contributed by atoms with Crippen molar-refractivity contribution < 1.29 is 4.42 Å². The molecule has 0 aliphatic heterocycles. The van der Waals surface area contributed by atoms with Crippen LogP contribution in [0.5, 0.6) is 0 Å². The molecule has 0 aliphatic rings. The van der Waals surface area contributed by atoms with Crippen molar-refractivity contribution in [2.24, 2.45) is 0 Å². The molecule has 9 aromatic carbocycles. The molecular weight excluding hydrogens is 693 g/mol. The lowest BCUT2D eigenvalue weighted by Crippen LogP contribution is -1.96. The lowest BCUT2D eigenvalue weighted by molar-refractivity contribution is 0.670. The van der Waals surface area contributed by atoms with Crippen LogP contribution < -0.4 is 0 Å². The van der Waals surface area contributed by atoms with Crippen LogP contribution in [0.4, 0.5) is 0 Å². The number of furan rings is 1. The first kappa shape index (κ1) is 31.7. The Bertz CT molecular complexity index is 3510. The third-order valence-corrected chi connectivity index (χ3v) is 11.7. The maximum absolute atomic E-state index is 6.85. The Labute approximate surface area is 328 Å². The summed E-state index contributed by atoms with van der Waals surface area (Å²) in [5.41, 5.74) is 15.7. The summed E-state index contributed by atoms with van der Waals surface area (Å²) in [6.45, 7) is 0. The number of nitrogens with zero attached hydrogens (tertiary/aromatic N) is 2. The van der Waals surface area contributed by atoms with Gasteiger partial charge in [0.05, 0.1) is 33.1 Å². The zero-order valence-electron chi connectivity index (χ0n) is 30.9. The molecule has 3 aromatic heterocycles. The van der Waals surface area contributed by atoms with Gasteiger partial charge in [0, 0.05) is 38.2 Å². The molecule has 0 unspecified atom stereocenters. The van der Waals surface area contributed by atoms with E-state index in [-0.39, 0.29) is 0 Å². The summed E-state index contributed by atoms with van der Waals surface area (Å²) >= 11 is 0. The highest BCUT2D eigenvalue weighted by molar-refractivity contribution is 6.18. The Morgan fingerprint density at radius 1 is 0.316 bits per heavy atom. The standard InChI is InChI=1S/C54H34N2O/c1-3-15-35(16-4-1)39-19-7-8-20-40(39)43-29-32-51(53-44-23-11-14-26-52(44)57-54(43)53)56-48-25-13-10-22-42(48)46-34-37(28-31-50(46)56)36-27-30-49-45(33-36)41-21-9-12-24-47(41)55(49)38-17-5-2-6-18-38/h1-34H. The van der Waals surface area contributed by atoms with Gasteiger partial charge in [-0.05, 0) is 94.5 Å². The molecule has 0 saturated carbocycles. The number of aromatic nitrogens is 2. The van der Waals surface area contributed by atoms with Crippen LogP contribution in [0.1, 0.15) is 0 Å². The van der Waals surface area contributed by atoms with Gasteiger partial charge in [0.25, 0.3) is 0 Å². The molecule has 3 heterocycles. The molecule has 0 amide bonds. The van der Waals surface area contributed by atoms with E-state index in [1.165, 1.54) is 60.5 Å². The predicted octanol–water partition coefficient (Wildman–Crippen LogP) is 14.8. The van der Waals surface area contributed by atoms with Crippen molar-refractivity contribution in [3.05, 3.63) is 206 Å². The van der Waals surface area contributed by atoms with Crippen LogP contribution in [0.15, 0.2) is 211 Å². The zero-order chi connectivity index (χ0) is 37.5. The van der Waals surface area contributed by atoms with E-state index in [0.29, 0.717) is 0 Å². The molecule has 266 valence electrons. The van der Waals surface area contributed by atoms with Crippen LogP contribution in [0.2, 0.25) is 0 Å². The van der Waals surface area contributed by atoms with Gasteiger partial charge >= 0.3 is 0 Å². The molecule has 0 spiro atoms. The van der Waals surface area contributed by atoms with Crippen LogP contribution >= 0.6 is 0 Å². The van der Waals surface area contributed by atoms with Gasteiger partial charge in [-0.2, -0.15) is 0 Å². The predicted molar refractivity (Wildman–Crippen MR) is 239 cm³/mol. The first-order chi connectivity index (χ1) is 28.3. The summed E-state index contributed by atoms with van der Waals surface area (Å²) in [5, 5.41) is 7.15. The van der Waals surface area contributed by atoms with Crippen molar-refractivity contribution in [2.75, 3.05) is 0 Å². The van der Waals surface area contributed by atoms with Gasteiger partial charge in [0.1, 0.15) is 11.2 Å². The number of rotatable bonds is 5. The van der Waals surface area contributed by atoms with Crippen LogP contribution in [-0.4, -0.2) is 9.13 Å². The summed E-state index contributed by atoms with van der Waals surface area (Å²) in [4.78, 5) is 0. The van der Waals surface area contributed by atoms with E-state index >= 15 is 0 Å². The number of para-hydroxylation sites is 4. The van der Waals surface area contributed by atoms with Gasteiger partial charge in [-0.15, -0.1) is 0 Å². The van der Waals surface area contributed by atoms with Gasteiger partial charge in [-0.25, -0.2) is 0 Å². The Morgan fingerprint density at radius 3 is 1.54 bits per heavy atom. The number of hydrogen-bond donors (Lipinski definition) is 0. The second-order valence-corrected chi connectivity index (χ2v) is 14.9. The largest absolute Gasteiger partial charge is 0.455 e. The van der Waals surface area contributed by atoms with Crippen molar-refractivity contribution in [3.63, 3.8) is 0 Å². The quantitative estimate of drug-likeness (QED) is 0.173. The molecule has 0 saturated heterocycles. The second-order valence-electron chi connectivity index (χ2n) is 14.9. The van der Waals surface area contributed by atoms with Gasteiger partial charge in [-0.1, -0.05) is 140 Å². The van der Waals surface area contributed by atoms with Crippen molar-refractivity contribution in [2.45, 2.75) is 0 Å². The van der Waals surface area contributed by atoms with Crippen LogP contribution in [0.25, 0.3) is 110 Å². The molecule has 3 nitrogen and oxygen atoms in total. The van der Waals surface area contributed by atoms with E-state index in [1.807, 2.05) is 0 Å². The Balaban J connectivity index is 1.07. The normalized spacial score (nSPS) is 11.9. The highest BCUT2D eigenvalue weighted by Crippen LogP contribution is 2.45. The minimum Gasteiger partial charge on any atom is -0.455 e. The summed E-state index contributed by atoms with van der Waals surface area (Å²) in [5.74, 6) is 0. The molecule has 12 aromatic rings. The van der Waals surface area contributed by atoms with E-state index < -0.39 is 0 Å². The van der Waals surface area contributed by atoms with E-state index in [4.69, 9.17) is 4.42 Å². The van der Waals surface area contributed by atoms with E-state index in [2.05, 4.69) is 215 Å². The fourth-order valence-electron chi connectivity index (χ4n) is 9.22. The Morgan fingerprint density at radius 2 is 0.842 bits per heavy atom. The third-order valence-electron chi connectivity index (χ3n) is 11.7. The summed E-state index contributed by atoms with van der Waals surface area (Å²) in [7, 11) is 0.